The molecule has 0 aromatic heterocycles. The summed E-state index contributed by atoms with van der Waals surface area (Å²) in [5.41, 5.74) is 0.605. The number of carbonyl (C=O) groups excluding carboxylic acids is 1. The van der Waals surface area contributed by atoms with E-state index >= 15 is 0 Å². The van der Waals surface area contributed by atoms with Gasteiger partial charge in [-0.15, -0.1) is 11.8 Å². The van der Waals surface area contributed by atoms with Crippen LogP contribution in [0.1, 0.15) is 36.0 Å². The van der Waals surface area contributed by atoms with E-state index in [0.717, 1.165) is 30.6 Å². The maximum Gasteiger partial charge on any atom is 0.323 e. The van der Waals surface area contributed by atoms with Gasteiger partial charge in [0, 0.05) is 10.9 Å². The SMILES string of the molecule is CSc1ccccc1C(=O)N(CC(=O)O)C1CCCC1. The molecule has 1 aromatic rings. The molecule has 1 fully saturated rings. The fraction of sp³-hybridized carbons (Fsp3) is 0.467. The summed E-state index contributed by atoms with van der Waals surface area (Å²) in [6.45, 7) is -0.216. The number of hydrogen-bond acceptors (Lipinski definition) is 3. The highest BCUT2D eigenvalue weighted by Gasteiger charge is 2.29. The van der Waals surface area contributed by atoms with Crippen molar-refractivity contribution in [2.75, 3.05) is 12.8 Å². The molecule has 108 valence electrons. The zero-order valence-electron chi connectivity index (χ0n) is 11.5. The Bertz CT molecular complexity index is 498. The minimum atomic E-state index is -0.952. The van der Waals surface area contributed by atoms with Gasteiger partial charge in [-0.3, -0.25) is 9.59 Å². The lowest BCUT2D eigenvalue weighted by Gasteiger charge is -2.28. The smallest absolute Gasteiger partial charge is 0.323 e. The van der Waals surface area contributed by atoms with Gasteiger partial charge in [0.05, 0.1) is 5.56 Å². The van der Waals surface area contributed by atoms with Crippen molar-refractivity contribution in [1.29, 1.82) is 0 Å². The van der Waals surface area contributed by atoms with E-state index in [4.69, 9.17) is 5.11 Å². The van der Waals surface area contributed by atoms with Crippen molar-refractivity contribution < 1.29 is 14.7 Å². The van der Waals surface area contributed by atoms with E-state index in [-0.39, 0.29) is 18.5 Å². The number of aliphatic carboxylic acids is 1. The van der Waals surface area contributed by atoms with Crippen molar-refractivity contribution in [3.05, 3.63) is 29.8 Å². The van der Waals surface area contributed by atoms with Crippen molar-refractivity contribution in [1.82, 2.24) is 4.90 Å². The Kier molecular flexibility index (Phi) is 5.06. The van der Waals surface area contributed by atoms with E-state index in [0.29, 0.717) is 5.56 Å². The summed E-state index contributed by atoms with van der Waals surface area (Å²) in [7, 11) is 0. The maximum atomic E-state index is 12.7. The van der Waals surface area contributed by atoms with E-state index in [1.165, 1.54) is 16.7 Å². The molecule has 5 heteroatoms. The second-order valence-electron chi connectivity index (χ2n) is 4.97. The van der Waals surface area contributed by atoms with Crippen LogP contribution in [0.2, 0.25) is 0 Å². The van der Waals surface area contributed by atoms with E-state index in [1.54, 1.807) is 6.07 Å². The molecule has 4 nitrogen and oxygen atoms in total. The Morgan fingerprint density at radius 3 is 2.55 bits per heavy atom. The van der Waals surface area contributed by atoms with E-state index < -0.39 is 5.97 Å². The lowest BCUT2D eigenvalue weighted by atomic mass is 10.1. The Morgan fingerprint density at radius 1 is 1.30 bits per heavy atom. The quantitative estimate of drug-likeness (QED) is 0.848. The fourth-order valence-electron chi connectivity index (χ4n) is 2.70. The van der Waals surface area contributed by atoms with Gasteiger partial charge in [-0.1, -0.05) is 25.0 Å². The molecule has 2 rings (SSSR count). The summed E-state index contributed by atoms with van der Waals surface area (Å²) in [6, 6.07) is 7.44. The molecule has 0 aliphatic heterocycles. The van der Waals surface area contributed by atoms with Gasteiger partial charge >= 0.3 is 5.97 Å². The van der Waals surface area contributed by atoms with Gasteiger partial charge < -0.3 is 10.0 Å². The first-order valence-electron chi connectivity index (χ1n) is 6.79. The average molecular weight is 293 g/mol. The largest absolute Gasteiger partial charge is 0.480 e. The molecule has 0 radical (unpaired) electrons. The number of benzene rings is 1. The van der Waals surface area contributed by atoms with Gasteiger partial charge in [-0.05, 0) is 31.2 Å². The van der Waals surface area contributed by atoms with Gasteiger partial charge in [0.2, 0.25) is 0 Å². The predicted octanol–water partition coefficient (Wildman–Crippen LogP) is 2.88. The lowest BCUT2D eigenvalue weighted by Crippen LogP contribution is -2.42. The summed E-state index contributed by atoms with van der Waals surface area (Å²) in [4.78, 5) is 26.2. The molecule has 1 aliphatic rings. The molecule has 1 aromatic carbocycles. The van der Waals surface area contributed by atoms with Crippen molar-refractivity contribution in [3.8, 4) is 0 Å². The van der Waals surface area contributed by atoms with E-state index in [2.05, 4.69) is 0 Å². The van der Waals surface area contributed by atoms with E-state index in [9.17, 15) is 9.59 Å². The van der Waals surface area contributed by atoms with Crippen molar-refractivity contribution in [2.24, 2.45) is 0 Å². The molecule has 1 N–H and O–H groups in total. The first kappa shape index (κ1) is 14.9. The molecule has 0 bridgehead atoms. The fourth-order valence-corrected chi connectivity index (χ4v) is 3.29. The number of carbonyl (C=O) groups is 2. The monoisotopic (exact) mass is 293 g/mol. The number of carboxylic acid groups (broad SMARTS) is 1. The number of nitrogens with zero attached hydrogens (tertiary/aromatic N) is 1. The Labute approximate surface area is 123 Å². The van der Waals surface area contributed by atoms with Crippen LogP contribution >= 0.6 is 11.8 Å². The minimum Gasteiger partial charge on any atom is -0.480 e. The number of amides is 1. The summed E-state index contributed by atoms with van der Waals surface area (Å²) >= 11 is 1.51. The Morgan fingerprint density at radius 2 is 1.95 bits per heavy atom. The molecule has 1 aliphatic carbocycles. The van der Waals surface area contributed by atoms with Crippen LogP contribution in [0.5, 0.6) is 0 Å². The van der Waals surface area contributed by atoms with Crippen LogP contribution in [0.3, 0.4) is 0 Å². The molecular weight excluding hydrogens is 274 g/mol. The van der Waals surface area contributed by atoms with Crippen LogP contribution in [-0.4, -0.2) is 40.7 Å². The lowest BCUT2D eigenvalue weighted by molar-refractivity contribution is -0.138. The number of thioether (sulfide) groups is 1. The first-order valence-corrected chi connectivity index (χ1v) is 8.01. The van der Waals surface area contributed by atoms with Gasteiger partial charge in [0.1, 0.15) is 6.54 Å². The highest BCUT2D eigenvalue weighted by atomic mass is 32.2. The van der Waals surface area contributed by atoms with Crippen LogP contribution in [0.25, 0.3) is 0 Å². The summed E-state index contributed by atoms with van der Waals surface area (Å²) in [6.07, 6.45) is 5.86. The highest BCUT2D eigenvalue weighted by Crippen LogP contribution is 2.27. The molecule has 0 unspecified atom stereocenters. The molecule has 0 atom stereocenters. The molecule has 1 amide bonds. The van der Waals surface area contributed by atoms with Crippen molar-refractivity contribution in [3.63, 3.8) is 0 Å². The van der Waals surface area contributed by atoms with E-state index in [1.807, 2.05) is 24.5 Å². The second kappa shape index (κ2) is 6.79. The molecule has 0 saturated heterocycles. The molecular formula is C15H19NO3S. The third-order valence-corrected chi connectivity index (χ3v) is 4.47. The summed E-state index contributed by atoms with van der Waals surface area (Å²) in [5, 5.41) is 9.07. The van der Waals surface area contributed by atoms with Crippen LogP contribution in [0, 0.1) is 0 Å². The normalized spacial score (nSPS) is 15.2. The molecule has 0 spiro atoms. The Hall–Kier alpha value is -1.49. The zero-order chi connectivity index (χ0) is 14.5. The number of rotatable bonds is 5. The Balaban J connectivity index is 2.27. The highest BCUT2D eigenvalue weighted by molar-refractivity contribution is 7.98. The topological polar surface area (TPSA) is 57.6 Å². The third-order valence-electron chi connectivity index (χ3n) is 3.67. The summed E-state index contributed by atoms with van der Waals surface area (Å²) < 4.78 is 0. The van der Waals surface area contributed by atoms with Crippen LogP contribution in [-0.2, 0) is 4.79 Å². The van der Waals surface area contributed by atoms with Gasteiger partial charge in [0.15, 0.2) is 0 Å². The van der Waals surface area contributed by atoms with Gasteiger partial charge in [0.25, 0.3) is 5.91 Å². The van der Waals surface area contributed by atoms with Crippen molar-refractivity contribution in [2.45, 2.75) is 36.6 Å². The maximum absolute atomic E-state index is 12.7. The predicted molar refractivity (Wildman–Crippen MR) is 79.2 cm³/mol. The standard InChI is InChI=1S/C15H19NO3S/c1-20-13-9-5-4-8-12(13)15(19)16(10-14(17)18)11-6-2-3-7-11/h4-5,8-9,11H,2-3,6-7,10H2,1H3,(H,17,18). The van der Waals surface area contributed by atoms with Crippen molar-refractivity contribution >= 4 is 23.6 Å². The zero-order valence-corrected chi connectivity index (χ0v) is 12.4. The van der Waals surface area contributed by atoms with Crippen LogP contribution in [0.4, 0.5) is 0 Å². The molecule has 1 saturated carbocycles. The average Bonchev–Trinajstić information content (AvgIpc) is 2.97. The summed E-state index contributed by atoms with van der Waals surface area (Å²) in [5.74, 6) is -1.11. The van der Waals surface area contributed by atoms with Gasteiger partial charge in [-0.25, -0.2) is 0 Å². The first-order chi connectivity index (χ1) is 9.63. The van der Waals surface area contributed by atoms with Crippen LogP contribution < -0.4 is 0 Å². The molecule has 20 heavy (non-hydrogen) atoms. The number of hydrogen-bond donors (Lipinski definition) is 1. The second-order valence-corrected chi connectivity index (χ2v) is 5.81. The minimum absolute atomic E-state index is 0.0634. The number of carboxylic acids is 1. The van der Waals surface area contributed by atoms with Gasteiger partial charge in [-0.2, -0.15) is 0 Å². The molecule has 0 heterocycles. The third kappa shape index (κ3) is 3.33. The van der Waals surface area contributed by atoms with Crippen LogP contribution in [0.15, 0.2) is 29.2 Å².